The van der Waals surface area contributed by atoms with Gasteiger partial charge in [0.25, 0.3) is 0 Å². The summed E-state index contributed by atoms with van der Waals surface area (Å²) in [5, 5.41) is 2.27. The standard InChI is InChI=1S/C65H45N/c1-4-15-46(16-5-1)48-27-29-49(30-28-48)50-33-37-58(38-34-50)66(59-39-35-51(36-40-59)53-19-14-20-54(43-53)55-32-31-47-17-10-11-18-52(47)44-55)60-41-42-62-61-25-12-13-26-63(61)65(64(62)45-60,56-21-6-2-7-22-56)57-23-8-3-9-24-57/h1-45H/i35D,36D,39D,40D. The zero-order chi connectivity index (χ0) is 47.3. The summed E-state index contributed by atoms with van der Waals surface area (Å²) in [7, 11) is 0. The molecule has 0 N–H and O–H groups in total. The lowest BCUT2D eigenvalue weighted by atomic mass is 9.67. The van der Waals surface area contributed by atoms with E-state index >= 15 is 0 Å². The SMILES string of the molecule is [2H]c1c([2H])c(N(c2ccc(-c3ccc(-c4ccccc4)cc3)cc2)c2ccc3c(c2)C(c2ccccc2)(c2ccccc2)c2ccccc2-3)c([2H])c([2H])c1-c1cccc(-c2ccc3ccccc3c2)c1. The molecule has 0 aromatic heterocycles. The molecular formula is C65H45N. The Bertz CT molecular complexity index is 3670. The zero-order valence-electron chi connectivity index (χ0n) is 40.1. The van der Waals surface area contributed by atoms with Gasteiger partial charge in [-0.1, -0.05) is 224 Å². The van der Waals surface area contributed by atoms with Gasteiger partial charge in [-0.05, 0) is 137 Å². The van der Waals surface area contributed by atoms with Crippen LogP contribution in [0.5, 0.6) is 0 Å². The Morgan fingerprint density at radius 3 is 1.41 bits per heavy atom. The maximum Gasteiger partial charge on any atom is 0.0714 e. The lowest BCUT2D eigenvalue weighted by Crippen LogP contribution is -2.28. The summed E-state index contributed by atoms with van der Waals surface area (Å²) in [5.74, 6) is 0. The van der Waals surface area contributed by atoms with Crippen LogP contribution in [0.1, 0.15) is 27.7 Å². The molecule has 11 aromatic rings. The summed E-state index contributed by atoms with van der Waals surface area (Å²) in [6, 6.07) is 85.3. The number of benzene rings is 11. The van der Waals surface area contributed by atoms with Crippen LogP contribution in [0.25, 0.3) is 66.4 Å². The van der Waals surface area contributed by atoms with Crippen molar-refractivity contribution in [1.82, 2.24) is 0 Å². The van der Waals surface area contributed by atoms with Crippen molar-refractivity contribution in [2.75, 3.05) is 4.90 Å². The molecule has 0 saturated carbocycles. The molecule has 11 aromatic carbocycles. The molecule has 1 nitrogen and oxygen atoms in total. The molecule has 1 heteroatoms. The van der Waals surface area contributed by atoms with E-state index < -0.39 is 5.41 Å². The Hall–Kier alpha value is -8.52. The van der Waals surface area contributed by atoms with Crippen LogP contribution in [-0.2, 0) is 5.41 Å². The van der Waals surface area contributed by atoms with Crippen LogP contribution >= 0.6 is 0 Å². The largest absolute Gasteiger partial charge is 0.310 e. The number of rotatable bonds is 9. The zero-order valence-corrected chi connectivity index (χ0v) is 36.1. The molecule has 0 aliphatic heterocycles. The first-order valence-corrected chi connectivity index (χ1v) is 22.5. The van der Waals surface area contributed by atoms with E-state index in [1.165, 1.54) is 5.56 Å². The molecule has 0 saturated heterocycles. The molecule has 66 heavy (non-hydrogen) atoms. The van der Waals surface area contributed by atoms with E-state index in [0.29, 0.717) is 11.3 Å². The first-order chi connectivity index (χ1) is 34.4. The lowest BCUT2D eigenvalue weighted by Gasteiger charge is -2.35. The van der Waals surface area contributed by atoms with Crippen molar-refractivity contribution in [1.29, 1.82) is 0 Å². The van der Waals surface area contributed by atoms with Gasteiger partial charge in [0.15, 0.2) is 0 Å². The maximum atomic E-state index is 9.90. The normalized spacial score (nSPS) is 13.2. The molecule has 1 aliphatic carbocycles. The molecule has 0 spiro atoms. The van der Waals surface area contributed by atoms with Crippen LogP contribution in [0.2, 0.25) is 0 Å². The smallest absolute Gasteiger partial charge is 0.0714 e. The lowest BCUT2D eigenvalue weighted by molar-refractivity contribution is 0.768. The molecule has 0 bridgehead atoms. The van der Waals surface area contributed by atoms with Crippen molar-refractivity contribution in [3.8, 4) is 55.6 Å². The third-order valence-electron chi connectivity index (χ3n) is 13.2. The summed E-state index contributed by atoms with van der Waals surface area (Å²) in [5.41, 5.74) is 14.8. The minimum atomic E-state index is -0.694. The molecule has 12 rings (SSSR count). The van der Waals surface area contributed by atoms with Crippen LogP contribution < -0.4 is 4.90 Å². The average molecular weight is 844 g/mol. The Morgan fingerprint density at radius 1 is 0.273 bits per heavy atom. The number of anilines is 3. The van der Waals surface area contributed by atoms with Crippen molar-refractivity contribution >= 4 is 27.8 Å². The van der Waals surface area contributed by atoms with Crippen LogP contribution in [-0.4, -0.2) is 0 Å². The fraction of sp³-hybridized carbons (Fsp3) is 0.0154. The first kappa shape index (κ1) is 34.9. The summed E-state index contributed by atoms with van der Waals surface area (Å²) in [6.07, 6.45) is 0. The molecule has 0 heterocycles. The number of nitrogens with zero attached hydrogens (tertiary/aromatic N) is 1. The van der Waals surface area contributed by atoms with Crippen LogP contribution in [0.4, 0.5) is 17.1 Å². The number of fused-ring (bicyclic) bond motifs is 4. The monoisotopic (exact) mass is 843 g/mol. The van der Waals surface area contributed by atoms with Crippen molar-refractivity contribution in [3.05, 3.63) is 295 Å². The molecule has 0 radical (unpaired) electrons. The minimum Gasteiger partial charge on any atom is -0.310 e. The second-order valence-electron chi connectivity index (χ2n) is 16.9. The molecule has 310 valence electrons. The van der Waals surface area contributed by atoms with Gasteiger partial charge in [-0.15, -0.1) is 0 Å². The van der Waals surface area contributed by atoms with Crippen molar-refractivity contribution in [2.24, 2.45) is 0 Å². The second kappa shape index (κ2) is 16.6. The molecule has 1 aliphatic rings. The highest BCUT2D eigenvalue weighted by Crippen LogP contribution is 2.57. The van der Waals surface area contributed by atoms with Crippen LogP contribution in [0, 0.1) is 0 Å². The fourth-order valence-corrected chi connectivity index (χ4v) is 10.1. The highest BCUT2D eigenvalue weighted by atomic mass is 15.1. The van der Waals surface area contributed by atoms with E-state index in [2.05, 4.69) is 182 Å². The van der Waals surface area contributed by atoms with E-state index in [1.807, 2.05) is 71.6 Å². The first-order valence-electron chi connectivity index (χ1n) is 24.5. The summed E-state index contributed by atoms with van der Waals surface area (Å²) < 4.78 is 39.2. The number of hydrogen-bond acceptors (Lipinski definition) is 1. The molecule has 0 atom stereocenters. The topological polar surface area (TPSA) is 3.24 Å². The van der Waals surface area contributed by atoms with Gasteiger partial charge in [-0.2, -0.15) is 0 Å². The van der Waals surface area contributed by atoms with Gasteiger partial charge in [-0.25, -0.2) is 0 Å². The summed E-state index contributed by atoms with van der Waals surface area (Å²) in [4.78, 5) is 1.92. The Kier molecular flexibility index (Phi) is 8.75. The Labute approximate surface area is 392 Å². The van der Waals surface area contributed by atoms with Gasteiger partial charge in [0, 0.05) is 17.1 Å². The third kappa shape index (κ3) is 6.81. The predicted octanol–water partition coefficient (Wildman–Crippen LogP) is 17.3. The third-order valence-corrected chi connectivity index (χ3v) is 13.2. The summed E-state index contributed by atoms with van der Waals surface area (Å²) in [6.45, 7) is 0. The quantitative estimate of drug-likeness (QED) is 0.140. The second-order valence-corrected chi connectivity index (χ2v) is 16.9. The minimum absolute atomic E-state index is 0.108. The number of hydrogen-bond donors (Lipinski definition) is 0. The maximum absolute atomic E-state index is 9.90. The van der Waals surface area contributed by atoms with Crippen molar-refractivity contribution in [2.45, 2.75) is 5.41 Å². The van der Waals surface area contributed by atoms with E-state index in [4.69, 9.17) is 0 Å². The molecule has 0 fully saturated rings. The average Bonchev–Trinajstić information content (AvgIpc) is 3.72. The molecular weight excluding hydrogens is 795 g/mol. The van der Waals surface area contributed by atoms with Gasteiger partial charge in [0.1, 0.15) is 0 Å². The van der Waals surface area contributed by atoms with Gasteiger partial charge >= 0.3 is 0 Å². The molecule has 0 amide bonds. The van der Waals surface area contributed by atoms with Gasteiger partial charge in [0.05, 0.1) is 10.9 Å². The summed E-state index contributed by atoms with van der Waals surface area (Å²) >= 11 is 0. The molecule has 0 unspecified atom stereocenters. The van der Waals surface area contributed by atoms with Gasteiger partial charge < -0.3 is 4.90 Å². The van der Waals surface area contributed by atoms with Gasteiger partial charge in [0.2, 0.25) is 0 Å². The Balaban J connectivity index is 1.04. The van der Waals surface area contributed by atoms with Crippen molar-refractivity contribution in [3.63, 3.8) is 0 Å². The van der Waals surface area contributed by atoms with E-state index in [9.17, 15) is 5.48 Å². The van der Waals surface area contributed by atoms with E-state index in [1.54, 1.807) is 0 Å². The van der Waals surface area contributed by atoms with E-state index in [0.717, 1.165) is 77.7 Å². The predicted molar refractivity (Wildman–Crippen MR) is 278 cm³/mol. The Morgan fingerprint density at radius 2 is 0.742 bits per heavy atom. The van der Waals surface area contributed by atoms with Crippen LogP contribution in [0.15, 0.2) is 273 Å². The van der Waals surface area contributed by atoms with Crippen molar-refractivity contribution < 1.29 is 5.48 Å². The van der Waals surface area contributed by atoms with Crippen LogP contribution in [0.3, 0.4) is 0 Å². The fourth-order valence-electron chi connectivity index (χ4n) is 10.1. The van der Waals surface area contributed by atoms with E-state index in [-0.39, 0.29) is 35.4 Å². The highest BCUT2D eigenvalue weighted by Gasteiger charge is 2.46. The van der Waals surface area contributed by atoms with Gasteiger partial charge in [-0.3, -0.25) is 0 Å². The highest BCUT2D eigenvalue weighted by molar-refractivity contribution is 5.91.